The molecule has 7 aromatic heterocycles. The average Bonchev–Trinajstić information content (AvgIpc) is 1.58. The molecule has 7 heterocycles. The second kappa shape index (κ2) is 21.6. The van der Waals surface area contributed by atoms with Crippen LogP contribution in [0.1, 0.15) is 0 Å². The van der Waals surface area contributed by atoms with E-state index in [1.807, 2.05) is 35.6 Å². The van der Waals surface area contributed by atoms with E-state index in [0.29, 0.717) is 0 Å². The Labute approximate surface area is 581 Å². The predicted octanol–water partition coefficient (Wildman–Crippen LogP) is 26.4. The number of hydrogen-bond donors (Lipinski definition) is 0. The first-order valence-electron chi connectivity index (χ1n) is 34.4. The van der Waals surface area contributed by atoms with Crippen molar-refractivity contribution < 1.29 is 8.83 Å². The lowest BCUT2D eigenvalue weighted by Crippen LogP contribution is -1.96. The Morgan fingerprint density at radius 3 is 1.11 bits per heavy atom. The molecule has 16 aromatic carbocycles. The molecule has 0 saturated carbocycles. The van der Waals surface area contributed by atoms with Crippen LogP contribution in [0.2, 0.25) is 0 Å². The molecular formula is C94H56N4O2S. The molecule has 0 saturated heterocycles. The standard InChI is InChI=1S/C48H28N2OS.C46H28N2O/c1-6-17-42-33(10-1)37-15-9-14-32(48(37)50(42)31-22-25-47-40(28-31)36-13-4-8-19-46(36)52-47)29-20-23-43-38(26-29)34-11-2-5-16-41(34)49(43)30-21-24-45-39(27-30)35-12-3-7-18-44(35)51-45;1-2-11-30-26-32(22-20-29(30)10-1)47-41-17-6-4-13-36(41)39-27-31(21-24-43(39)47)34-15-9-16-38-35-12-3-7-18-42(35)48(46(34)38)33-23-25-45-40(28-33)37-14-5-8-19-44(37)49-45/h1-28H;1-28H. The fourth-order valence-corrected chi connectivity index (χ4v) is 17.8. The van der Waals surface area contributed by atoms with E-state index in [1.54, 1.807) is 0 Å². The van der Waals surface area contributed by atoms with E-state index in [2.05, 4.69) is 334 Å². The van der Waals surface area contributed by atoms with Crippen molar-refractivity contribution in [2.24, 2.45) is 0 Å². The molecule has 6 nitrogen and oxygen atoms in total. The highest BCUT2D eigenvalue weighted by Gasteiger charge is 2.23. The summed E-state index contributed by atoms with van der Waals surface area (Å²) in [5, 5.41) is 19.6. The van der Waals surface area contributed by atoms with E-state index >= 15 is 0 Å². The van der Waals surface area contributed by atoms with Gasteiger partial charge < -0.3 is 27.1 Å². The van der Waals surface area contributed by atoms with Crippen molar-refractivity contribution in [2.75, 3.05) is 0 Å². The minimum Gasteiger partial charge on any atom is -0.456 e. The van der Waals surface area contributed by atoms with Crippen LogP contribution in [-0.2, 0) is 0 Å². The highest BCUT2D eigenvalue weighted by Crippen LogP contribution is 2.46. The van der Waals surface area contributed by atoms with Crippen LogP contribution < -0.4 is 0 Å². The second-order valence-corrected chi connectivity index (χ2v) is 27.7. The third-order valence-corrected chi connectivity index (χ3v) is 22.4. The van der Waals surface area contributed by atoms with Crippen LogP contribution in [0.15, 0.2) is 349 Å². The maximum Gasteiger partial charge on any atom is 0.135 e. The van der Waals surface area contributed by atoms with E-state index in [0.717, 1.165) is 55.3 Å². The summed E-state index contributed by atoms with van der Waals surface area (Å²) in [6.45, 7) is 0. The van der Waals surface area contributed by atoms with Crippen molar-refractivity contribution in [3.8, 4) is 45.0 Å². The summed E-state index contributed by atoms with van der Waals surface area (Å²) in [4.78, 5) is 0. The molecule has 0 aliphatic carbocycles. The Bertz CT molecular complexity index is 7430. The molecule has 7 heteroatoms. The Morgan fingerprint density at radius 2 is 0.564 bits per heavy atom. The van der Waals surface area contributed by atoms with Crippen molar-refractivity contribution in [1.82, 2.24) is 18.3 Å². The van der Waals surface area contributed by atoms with Crippen LogP contribution in [0.4, 0.5) is 0 Å². The Balaban J connectivity index is 0.000000128. The highest BCUT2D eigenvalue weighted by atomic mass is 32.1. The molecule has 0 atom stereocenters. The largest absolute Gasteiger partial charge is 0.456 e. The van der Waals surface area contributed by atoms with E-state index in [9.17, 15) is 0 Å². The van der Waals surface area contributed by atoms with E-state index < -0.39 is 0 Å². The van der Waals surface area contributed by atoms with Gasteiger partial charge in [0.05, 0.1) is 44.1 Å². The van der Waals surface area contributed by atoms with E-state index in [1.165, 1.54) is 152 Å². The summed E-state index contributed by atoms with van der Waals surface area (Å²) in [6, 6.07) is 123. The topological polar surface area (TPSA) is 46.0 Å². The molecule has 0 fully saturated rings. The molecular weight excluding hydrogens is 1250 g/mol. The molecule has 0 spiro atoms. The zero-order valence-corrected chi connectivity index (χ0v) is 55.2. The number of nitrogens with zero attached hydrogens (tertiary/aromatic N) is 4. The zero-order valence-electron chi connectivity index (χ0n) is 54.3. The predicted molar refractivity (Wildman–Crippen MR) is 426 cm³/mol. The van der Waals surface area contributed by atoms with Crippen LogP contribution >= 0.6 is 11.3 Å². The first kappa shape index (κ1) is 55.9. The van der Waals surface area contributed by atoms with Crippen molar-refractivity contribution in [3.63, 3.8) is 0 Å². The number of fused-ring (bicyclic) bond motifs is 22. The number of hydrogen-bond acceptors (Lipinski definition) is 3. The number of rotatable bonds is 6. The zero-order chi connectivity index (χ0) is 66.0. The minimum absolute atomic E-state index is 0.902. The van der Waals surface area contributed by atoms with Crippen LogP contribution in [0.25, 0.3) is 207 Å². The molecule has 0 aliphatic rings. The second-order valence-electron chi connectivity index (χ2n) is 26.6. The smallest absolute Gasteiger partial charge is 0.135 e. The van der Waals surface area contributed by atoms with Gasteiger partial charge in [0.25, 0.3) is 0 Å². The summed E-state index contributed by atoms with van der Waals surface area (Å²) in [5.74, 6) is 0. The molecule has 0 radical (unpaired) electrons. The van der Waals surface area contributed by atoms with Gasteiger partial charge in [-0.1, -0.05) is 206 Å². The van der Waals surface area contributed by atoms with Crippen molar-refractivity contribution in [3.05, 3.63) is 340 Å². The number of furan rings is 2. The highest BCUT2D eigenvalue weighted by molar-refractivity contribution is 7.25. The normalized spacial score (nSPS) is 12.2. The van der Waals surface area contributed by atoms with Gasteiger partial charge in [-0.25, -0.2) is 0 Å². The van der Waals surface area contributed by atoms with Gasteiger partial charge in [-0.2, -0.15) is 0 Å². The fraction of sp³-hybridized carbons (Fsp3) is 0. The Kier molecular flexibility index (Phi) is 12.0. The van der Waals surface area contributed by atoms with Crippen LogP contribution in [0.3, 0.4) is 0 Å². The first-order valence-corrected chi connectivity index (χ1v) is 35.3. The van der Waals surface area contributed by atoms with E-state index in [4.69, 9.17) is 8.83 Å². The van der Waals surface area contributed by atoms with Gasteiger partial charge in [-0.05, 0) is 155 Å². The lowest BCUT2D eigenvalue weighted by Gasteiger charge is -2.13. The molecule has 470 valence electrons. The van der Waals surface area contributed by atoms with E-state index in [-0.39, 0.29) is 0 Å². The number of benzene rings is 16. The summed E-state index contributed by atoms with van der Waals surface area (Å²) < 4.78 is 24.7. The van der Waals surface area contributed by atoms with Gasteiger partial charge in [0.15, 0.2) is 0 Å². The van der Waals surface area contributed by atoms with Gasteiger partial charge in [0.2, 0.25) is 0 Å². The Hall–Kier alpha value is -13.2. The van der Waals surface area contributed by atoms with Crippen molar-refractivity contribution in [2.45, 2.75) is 0 Å². The molecule has 0 aliphatic heterocycles. The number of para-hydroxylation sites is 8. The molecule has 0 bridgehead atoms. The third-order valence-electron chi connectivity index (χ3n) is 21.2. The monoisotopic (exact) mass is 1300 g/mol. The molecule has 0 N–H and O–H groups in total. The molecule has 101 heavy (non-hydrogen) atoms. The van der Waals surface area contributed by atoms with Gasteiger partial charge in [0.1, 0.15) is 22.3 Å². The first-order chi connectivity index (χ1) is 50.1. The average molecular weight is 1310 g/mol. The SMILES string of the molecule is c1ccc2c(c1)oc1ccc(-n3c4ccccc4c4cc(-c5cccc6c7ccccc7n(-c7ccc8sc9ccccc9c8c7)c56)ccc43)cc12.c1ccc2cc(-n3c4ccccc4c4cc(-c5cccc6c7ccccc7n(-c7ccc8oc9ccccc9c8c7)c56)ccc43)ccc2c1. The Morgan fingerprint density at radius 1 is 0.198 bits per heavy atom. The summed E-state index contributed by atoms with van der Waals surface area (Å²) in [5.41, 5.74) is 22.6. The maximum absolute atomic E-state index is 6.21. The number of aromatic nitrogens is 4. The minimum atomic E-state index is 0.902. The lowest BCUT2D eigenvalue weighted by atomic mass is 9.99. The van der Waals surface area contributed by atoms with Crippen LogP contribution in [0, 0.1) is 0 Å². The molecule has 0 unspecified atom stereocenters. The van der Waals surface area contributed by atoms with Gasteiger partial charge in [-0.3, -0.25) is 0 Å². The van der Waals surface area contributed by atoms with Gasteiger partial charge in [-0.15, -0.1) is 11.3 Å². The molecule has 23 rings (SSSR count). The quantitative estimate of drug-likeness (QED) is 0.167. The van der Waals surface area contributed by atoms with Gasteiger partial charge in [0, 0.05) is 119 Å². The molecule has 23 aromatic rings. The fourth-order valence-electron chi connectivity index (χ4n) is 16.8. The lowest BCUT2D eigenvalue weighted by molar-refractivity contribution is 0.668. The summed E-state index contributed by atoms with van der Waals surface area (Å²) in [7, 11) is 0. The molecule has 0 amide bonds. The number of thiophene rings is 1. The van der Waals surface area contributed by atoms with Crippen molar-refractivity contribution in [1.29, 1.82) is 0 Å². The summed E-state index contributed by atoms with van der Waals surface area (Å²) in [6.07, 6.45) is 0. The maximum atomic E-state index is 6.21. The summed E-state index contributed by atoms with van der Waals surface area (Å²) >= 11 is 1.86. The third kappa shape index (κ3) is 8.39. The van der Waals surface area contributed by atoms with Crippen molar-refractivity contribution >= 4 is 173 Å². The van der Waals surface area contributed by atoms with Crippen LogP contribution in [-0.4, -0.2) is 18.3 Å². The van der Waals surface area contributed by atoms with Gasteiger partial charge >= 0.3 is 0 Å². The van der Waals surface area contributed by atoms with Crippen LogP contribution in [0.5, 0.6) is 0 Å².